The fourth-order valence-electron chi connectivity index (χ4n) is 12.4. The van der Waals surface area contributed by atoms with Gasteiger partial charge in [-0.25, -0.2) is 4.57 Å². The number of guanidine groups is 1. The Morgan fingerprint density at radius 3 is 1.62 bits per heavy atom. The number of ether oxygens (including phenoxy) is 2. The lowest BCUT2D eigenvalue weighted by Gasteiger charge is -2.33. The highest BCUT2D eigenvalue weighted by molar-refractivity contribution is 7.47. The second-order valence-electron chi connectivity index (χ2n) is 27.0. The van der Waals surface area contributed by atoms with Crippen LogP contribution >= 0.6 is 7.82 Å². The first kappa shape index (κ1) is 93.8. The van der Waals surface area contributed by atoms with Crippen LogP contribution in [0.3, 0.4) is 0 Å². The van der Waals surface area contributed by atoms with Crippen LogP contribution in [0.5, 0.6) is 0 Å². The Morgan fingerprint density at radius 1 is 0.588 bits per heavy atom. The Labute approximate surface area is 605 Å². The predicted molar refractivity (Wildman–Crippen MR) is 388 cm³/mol. The van der Waals surface area contributed by atoms with Gasteiger partial charge in [-0.2, -0.15) is 0 Å². The number of phosphoric ester groups is 1. The number of carbonyl (C=O) groups is 10. The monoisotopic (exact) mass is 1470 g/mol. The molecule has 0 aromatic carbocycles. The summed E-state index contributed by atoms with van der Waals surface area (Å²) in [7, 11) is -4.76. The third-order valence-electron chi connectivity index (χ3n) is 18.2. The molecular weight excluding hydrogens is 1340 g/mol. The number of nitrogens with zero attached hydrogens (tertiary/aromatic N) is 3. The molecule has 13 N–H and O–H groups in total. The molecule has 2 aliphatic rings. The smallest absolute Gasteiger partial charge is 0.472 e. The SMILES string of the molecule is CCCCCCCCCCCCCCCC(=O)OCC(COP(=O)(O)OCCNC(=O)CCCC(=O)NCC(=O)NC(C(=O)NC(CCCCN)C(=O)N1CCCC1C(=O)N1CCCC1C(=O)CC(CCCN=C(N)N)C(=O)O)C(C)O)OC(=O)CCCCCCCCCCCCCCC.O=O. The van der Waals surface area contributed by atoms with Crippen molar-refractivity contribution in [1.82, 2.24) is 31.1 Å². The summed E-state index contributed by atoms with van der Waals surface area (Å²) in [5, 5.41) is 30.5. The normalized spacial score (nSPS) is 16.2. The largest absolute Gasteiger partial charge is 0.481 e. The summed E-state index contributed by atoms with van der Waals surface area (Å²) in [6, 6.07) is -4.67. The van der Waals surface area contributed by atoms with Gasteiger partial charge in [-0.1, -0.05) is 168 Å². The highest BCUT2D eigenvalue weighted by Crippen LogP contribution is 2.43. The van der Waals surface area contributed by atoms with Crippen molar-refractivity contribution >= 4 is 72.9 Å². The maximum Gasteiger partial charge on any atom is 0.472 e. The molecule has 2 fully saturated rings. The van der Waals surface area contributed by atoms with Crippen LogP contribution in [0.2, 0.25) is 0 Å². The number of carboxylic acid groups (broad SMARTS) is 1. The van der Waals surface area contributed by atoms with Gasteiger partial charge in [0.05, 0.1) is 37.8 Å². The first-order chi connectivity index (χ1) is 49.0. The number of aliphatic imine (C=N–C) groups is 1. The molecule has 0 bridgehead atoms. The summed E-state index contributed by atoms with van der Waals surface area (Å²) in [4.78, 5) is 163. The molecule has 0 spiro atoms. The van der Waals surface area contributed by atoms with Gasteiger partial charge in [-0.15, -0.1) is 0 Å². The Kier molecular flexibility index (Phi) is 54.4. The lowest BCUT2D eigenvalue weighted by atomic mass is 9.93. The van der Waals surface area contributed by atoms with Gasteiger partial charge in [-0.05, 0) is 90.5 Å². The number of likely N-dealkylation sites (tertiary alicyclic amines) is 2. The van der Waals surface area contributed by atoms with Crippen LogP contribution in [0.4, 0.5) is 0 Å². The van der Waals surface area contributed by atoms with Gasteiger partial charge in [0.15, 0.2) is 17.8 Å². The van der Waals surface area contributed by atoms with Crippen LogP contribution in [0.15, 0.2) is 4.99 Å². The van der Waals surface area contributed by atoms with Gasteiger partial charge < -0.3 is 72.8 Å². The first-order valence-electron chi connectivity index (χ1n) is 38.1. The minimum Gasteiger partial charge on any atom is -0.481 e. The van der Waals surface area contributed by atoms with E-state index in [1.165, 1.54) is 126 Å². The molecule has 102 heavy (non-hydrogen) atoms. The Morgan fingerprint density at radius 2 is 1.10 bits per heavy atom. The number of hydrogen-bond acceptors (Lipinski definition) is 20. The number of amides is 6. The van der Waals surface area contributed by atoms with Gasteiger partial charge in [0, 0.05) is 68.2 Å². The number of ketones is 1. The zero-order valence-corrected chi connectivity index (χ0v) is 62.6. The van der Waals surface area contributed by atoms with Gasteiger partial charge in [0.25, 0.3) is 0 Å². The number of phosphoric acid groups is 1. The van der Waals surface area contributed by atoms with E-state index in [2.05, 4.69) is 40.1 Å². The van der Waals surface area contributed by atoms with Gasteiger partial charge in [-0.3, -0.25) is 62.0 Å². The average Bonchev–Trinajstić information content (AvgIpc) is 1.62. The number of rotatable bonds is 62. The number of unbranched alkanes of at least 4 members (excludes halogenated alkanes) is 25. The van der Waals surface area contributed by atoms with E-state index >= 15 is 0 Å². The molecular formula is C71H129N10O20P. The molecule has 8 atom stereocenters. The molecule has 0 saturated carbocycles. The molecule has 2 aliphatic heterocycles. The van der Waals surface area contributed by atoms with Crippen molar-refractivity contribution in [3.05, 3.63) is 9.93 Å². The van der Waals surface area contributed by atoms with E-state index in [1.807, 2.05) is 0 Å². The second kappa shape index (κ2) is 59.1. The van der Waals surface area contributed by atoms with E-state index in [0.717, 1.165) is 44.9 Å². The van der Waals surface area contributed by atoms with Crippen molar-refractivity contribution in [3.8, 4) is 0 Å². The molecule has 8 unspecified atom stereocenters. The summed E-state index contributed by atoms with van der Waals surface area (Å²) in [6.07, 6.45) is 29.9. The molecule has 6 amide bonds. The fraction of sp³-hybridized carbons (Fsp3) is 0.845. The molecule has 2 rings (SSSR count). The summed E-state index contributed by atoms with van der Waals surface area (Å²) in [5.74, 6) is -7.76. The number of esters is 2. The minimum atomic E-state index is -4.76. The van der Waals surface area contributed by atoms with Gasteiger partial charge in [0.1, 0.15) is 24.7 Å². The second-order valence-corrected chi connectivity index (χ2v) is 28.5. The van der Waals surface area contributed by atoms with Crippen molar-refractivity contribution < 1.29 is 86.1 Å². The van der Waals surface area contributed by atoms with E-state index in [0.29, 0.717) is 51.4 Å². The van der Waals surface area contributed by atoms with Crippen molar-refractivity contribution in [2.75, 3.05) is 59.1 Å². The fourth-order valence-corrected chi connectivity index (χ4v) is 13.2. The number of nitrogens with one attached hydrogen (secondary N) is 4. The molecule has 2 heterocycles. The lowest BCUT2D eigenvalue weighted by Crippen LogP contribution is -2.59. The van der Waals surface area contributed by atoms with Crippen molar-refractivity contribution in [2.24, 2.45) is 28.1 Å². The van der Waals surface area contributed by atoms with Crippen LogP contribution in [-0.2, 0) is 71.0 Å². The summed E-state index contributed by atoms with van der Waals surface area (Å²) in [5.41, 5.74) is 16.5. The zero-order chi connectivity index (χ0) is 75.8. The maximum absolute atomic E-state index is 14.3. The van der Waals surface area contributed by atoms with E-state index < -0.39 is 129 Å². The van der Waals surface area contributed by atoms with Crippen LogP contribution in [0.25, 0.3) is 0 Å². The molecule has 30 nitrogen and oxygen atoms in total. The summed E-state index contributed by atoms with van der Waals surface area (Å²) in [6.45, 7) is 4.25. The maximum atomic E-state index is 14.3. The van der Waals surface area contributed by atoms with E-state index in [-0.39, 0.29) is 103 Å². The third-order valence-corrected chi connectivity index (χ3v) is 19.2. The molecule has 0 aliphatic carbocycles. The first-order valence-corrected chi connectivity index (χ1v) is 39.6. The van der Waals surface area contributed by atoms with E-state index in [1.54, 1.807) is 0 Å². The predicted octanol–water partition coefficient (Wildman–Crippen LogP) is 8.18. The Balaban J connectivity index is 0.0000258. The average molecular weight is 1470 g/mol. The van der Waals surface area contributed by atoms with E-state index in [9.17, 15) is 67.6 Å². The number of Topliss-reactive ketones (excluding diaryl/α,β-unsaturated/α-hetero) is 1. The van der Waals surface area contributed by atoms with Crippen LogP contribution in [0, 0.1) is 15.8 Å². The highest BCUT2D eigenvalue weighted by Gasteiger charge is 2.44. The van der Waals surface area contributed by atoms with E-state index in [4.69, 9.17) is 45.7 Å². The Bertz CT molecular complexity index is 2480. The molecule has 588 valence electrons. The zero-order valence-electron chi connectivity index (χ0n) is 61.7. The molecule has 0 aromatic rings. The minimum absolute atomic E-state index is 0.0283. The summed E-state index contributed by atoms with van der Waals surface area (Å²) >= 11 is 0. The highest BCUT2D eigenvalue weighted by atomic mass is 31.2. The third kappa shape index (κ3) is 45.1. The lowest BCUT2D eigenvalue weighted by molar-refractivity contribution is -0.161. The van der Waals surface area contributed by atoms with Gasteiger partial charge >= 0.3 is 25.7 Å². The van der Waals surface area contributed by atoms with Crippen molar-refractivity contribution in [1.29, 1.82) is 0 Å². The number of carboxylic acids is 1. The number of aliphatic hydroxyl groups is 1. The topological polar surface area (TPSA) is 465 Å². The number of carbonyl (C=O) groups excluding carboxylic acids is 9. The molecule has 2 saturated heterocycles. The van der Waals surface area contributed by atoms with Crippen molar-refractivity contribution in [2.45, 2.75) is 320 Å². The molecule has 31 heteroatoms. The summed E-state index contributed by atoms with van der Waals surface area (Å²) < 4.78 is 34.2. The van der Waals surface area contributed by atoms with Crippen molar-refractivity contribution in [3.63, 3.8) is 0 Å². The molecule has 0 radical (unpaired) electrons. The van der Waals surface area contributed by atoms with Crippen LogP contribution in [0.1, 0.15) is 284 Å². The van der Waals surface area contributed by atoms with Crippen LogP contribution in [-0.4, -0.2) is 185 Å². The van der Waals surface area contributed by atoms with Crippen LogP contribution < -0.4 is 38.5 Å². The molecule has 0 aromatic heterocycles. The number of aliphatic carboxylic acids is 1. The van der Waals surface area contributed by atoms with Gasteiger partial charge in [0.2, 0.25) is 35.4 Å². The number of hydrogen-bond donors (Lipinski definition) is 10. The number of nitrogens with two attached hydrogens (primary N) is 3. The quantitative estimate of drug-likeness (QED) is 0.00901. The number of aliphatic hydroxyl groups excluding tert-OH is 1. The standard InChI is InChI=1S/C71H129N10O18P.O2/c1-4-6-8-10-12-14-16-18-20-22-24-26-28-42-64(87)96-52-56(99-65(88)43-29-27-25-23-21-19-17-15-13-11-9-7-5-2)53-98-100(94,95)97-49-46-75-61(84)40-32-41-62(85)77-51-63(86)79-66(54(3)82)67(89)78-57(37-30-31-44-72)68(90)81-48-35-39-59(81)69(91)80-47-34-38-58(80)60(83)50-55(70(92)93)36-33-45-76-71(73)74;1-2/h54-59,66,82H,4-53,72H2,1-3H3,(H,75,84)(H,77,85)(H,78,89)(H,79,86)(H,92,93)(H,94,95)(H4,73,74,76);. The Hall–Kier alpha value is -6.20.